The minimum Gasteiger partial charge on any atom is -0.478 e. The molecule has 0 radical (unpaired) electrons. The molecule has 3 N–H and O–H groups in total. The standard InChI is InChI=1S/C10H13NO2.ClH/c1-7-6-8(4-5-11)2-3-9(7)10(12)13;/h2-3,6H,4-5,11H2,1H3,(H,12,13);1H. The first-order valence-corrected chi connectivity index (χ1v) is 4.18. The van der Waals surface area contributed by atoms with E-state index in [1.807, 2.05) is 12.1 Å². The van der Waals surface area contributed by atoms with Crippen LogP contribution in [0, 0.1) is 6.92 Å². The van der Waals surface area contributed by atoms with E-state index in [1.54, 1.807) is 13.0 Å². The van der Waals surface area contributed by atoms with Crippen molar-refractivity contribution in [1.82, 2.24) is 0 Å². The number of carboxylic acid groups (broad SMARTS) is 1. The Bertz CT molecular complexity index is 326. The van der Waals surface area contributed by atoms with Crippen molar-refractivity contribution in [2.45, 2.75) is 13.3 Å². The van der Waals surface area contributed by atoms with E-state index in [4.69, 9.17) is 10.8 Å². The van der Waals surface area contributed by atoms with Crippen LogP contribution in [-0.4, -0.2) is 17.6 Å². The van der Waals surface area contributed by atoms with E-state index >= 15 is 0 Å². The number of halogens is 1. The number of hydrogen-bond acceptors (Lipinski definition) is 2. The summed E-state index contributed by atoms with van der Waals surface area (Å²) in [7, 11) is 0. The number of rotatable bonds is 3. The SMILES string of the molecule is Cc1cc(CCN)ccc1C(=O)O.Cl. The summed E-state index contributed by atoms with van der Waals surface area (Å²) in [5.41, 5.74) is 7.63. The van der Waals surface area contributed by atoms with E-state index in [0.717, 1.165) is 17.5 Å². The monoisotopic (exact) mass is 215 g/mol. The van der Waals surface area contributed by atoms with Crippen LogP contribution in [0.25, 0.3) is 0 Å². The molecule has 3 nitrogen and oxygen atoms in total. The van der Waals surface area contributed by atoms with Crippen molar-refractivity contribution < 1.29 is 9.90 Å². The summed E-state index contributed by atoms with van der Waals surface area (Å²) >= 11 is 0. The topological polar surface area (TPSA) is 63.3 Å². The number of carbonyl (C=O) groups is 1. The van der Waals surface area contributed by atoms with Gasteiger partial charge in [0.05, 0.1) is 5.56 Å². The van der Waals surface area contributed by atoms with E-state index in [0.29, 0.717) is 12.1 Å². The summed E-state index contributed by atoms with van der Waals surface area (Å²) in [6.07, 6.45) is 0.792. The van der Waals surface area contributed by atoms with Crippen molar-refractivity contribution >= 4 is 18.4 Å². The maximum atomic E-state index is 10.7. The third-order valence-electron chi connectivity index (χ3n) is 1.95. The number of nitrogens with two attached hydrogens (primary N) is 1. The average molecular weight is 216 g/mol. The quantitative estimate of drug-likeness (QED) is 0.806. The predicted molar refractivity (Wildman–Crippen MR) is 58.1 cm³/mol. The molecule has 0 aliphatic rings. The fourth-order valence-electron chi connectivity index (χ4n) is 1.29. The van der Waals surface area contributed by atoms with Gasteiger partial charge in [-0.1, -0.05) is 12.1 Å². The summed E-state index contributed by atoms with van der Waals surface area (Å²) in [5, 5.41) is 8.76. The molecular formula is C10H14ClNO2. The molecule has 0 unspecified atom stereocenters. The van der Waals surface area contributed by atoms with Crippen LogP contribution in [0.4, 0.5) is 0 Å². The minimum absolute atomic E-state index is 0. The highest BCUT2D eigenvalue weighted by molar-refractivity contribution is 5.89. The van der Waals surface area contributed by atoms with Crippen molar-refractivity contribution in [3.8, 4) is 0 Å². The largest absolute Gasteiger partial charge is 0.478 e. The zero-order valence-corrected chi connectivity index (χ0v) is 8.80. The number of aryl methyl sites for hydroxylation is 1. The first kappa shape index (κ1) is 12.9. The Labute approximate surface area is 89.3 Å². The Morgan fingerprint density at radius 2 is 2.14 bits per heavy atom. The van der Waals surface area contributed by atoms with E-state index in [1.165, 1.54) is 0 Å². The van der Waals surface area contributed by atoms with E-state index in [2.05, 4.69) is 0 Å². The van der Waals surface area contributed by atoms with Crippen LogP contribution >= 0.6 is 12.4 Å². The van der Waals surface area contributed by atoms with Gasteiger partial charge in [0.1, 0.15) is 0 Å². The normalized spacial score (nSPS) is 9.29. The van der Waals surface area contributed by atoms with Crippen molar-refractivity contribution in [3.05, 3.63) is 34.9 Å². The molecule has 0 saturated heterocycles. The lowest BCUT2D eigenvalue weighted by Gasteiger charge is -2.03. The highest BCUT2D eigenvalue weighted by Gasteiger charge is 2.06. The molecule has 0 bridgehead atoms. The van der Waals surface area contributed by atoms with Gasteiger partial charge in [0.15, 0.2) is 0 Å². The molecule has 0 fully saturated rings. The first-order valence-electron chi connectivity index (χ1n) is 4.18. The Kier molecular flexibility index (Phi) is 5.20. The van der Waals surface area contributed by atoms with Gasteiger partial charge in [-0.3, -0.25) is 0 Å². The second-order valence-electron chi connectivity index (χ2n) is 2.99. The van der Waals surface area contributed by atoms with Crippen molar-refractivity contribution in [3.63, 3.8) is 0 Å². The van der Waals surface area contributed by atoms with E-state index < -0.39 is 5.97 Å². The maximum Gasteiger partial charge on any atom is 0.335 e. The third-order valence-corrected chi connectivity index (χ3v) is 1.95. The Balaban J connectivity index is 0.00000169. The van der Waals surface area contributed by atoms with Crippen molar-refractivity contribution in [2.75, 3.05) is 6.54 Å². The second-order valence-corrected chi connectivity index (χ2v) is 2.99. The van der Waals surface area contributed by atoms with Crippen LogP contribution in [0.5, 0.6) is 0 Å². The van der Waals surface area contributed by atoms with Crippen LogP contribution in [0.2, 0.25) is 0 Å². The molecule has 0 spiro atoms. The van der Waals surface area contributed by atoms with Gasteiger partial charge in [0.2, 0.25) is 0 Å². The van der Waals surface area contributed by atoms with Crippen molar-refractivity contribution in [1.29, 1.82) is 0 Å². The van der Waals surface area contributed by atoms with Crippen LogP contribution < -0.4 is 5.73 Å². The molecule has 0 aliphatic heterocycles. The lowest BCUT2D eigenvalue weighted by molar-refractivity contribution is 0.0696. The molecule has 1 aromatic rings. The van der Waals surface area contributed by atoms with Crippen LogP contribution in [0.3, 0.4) is 0 Å². The van der Waals surface area contributed by atoms with Gasteiger partial charge in [0, 0.05) is 0 Å². The molecule has 0 aromatic heterocycles. The molecule has 78 valence electrons. The van der Waals surface area contributed by atoms with Gasteiger partial charge >= 0.3 is 5.97 Å². The first-order chi connectivity index (χ1) is 6.15. The summed E-state index contributed by atoms with van der Waals surface area (Å²) in [4.78, 5) is 10.7. The molecular weight excluding hydrogens is 202 g/mol. The zero-order valence-electron chi connectivity index (χ0n) is 7.99. The zero-order chi connectivity index (χ0) is 9.84. The fourth-order valence-corrected chi connectivity index (χ4v) is 1.29. The minimum atomic E-state index is -0.878. The molecule has 0 heterocycles. The molecule has 4 heteroatoms. The number of carboxylic acids is 1. The lowest BCUT2D eigenvalue weighted by atomic mass is 10.0. The van der Waals surface area contributed by atoms with Gasteiger partial charge < -0.3 is 10.8 Å². The van der Waals surface area contributed by atoms with E-state index in [-0.39, 0.29) is 12.4 Å². The van der Waals surface area contributed by atoms with Gasteiger partial charge in [-0.2, -0.15) is 0 Å². The third kappa shape index (κ3) is 3.01. The summed E-state index contributed by atoms with van der Waals surface area (Å²) in [5.74, 6) is -0.878. The Hall–Kier alpha value is -1.06. The van der Waals surface area contributed by atoms with E-state index in [9.17, 15) is 4.79 Å². The average Bonchev–Trinajstić information content (AvgIpc) is 2.04. The molecule has 14 heavy (non-hydrogen) atoms. The fraction of sp³-hybridized carbons (Fsp3) is 0.300. The molecule has 1 rings (SSSR count). The van der Waals surface area contributed by atoms with Crippen LogP contribution in [0.15, 0.2) is 18.2 Å². The predicted octanol–water partition coefficient (Wildman–Crippen LogP) is 1.62. The number of benzene rings is 1. The van der Waals surface area contributed by atoms with Gasteiger partial charge in [0.25, 0.3) is 0 Å². The molecule has 0 amide bonds. The van der Waals surface area contributed by atoms with Gasteiger partial charge in [-0.15, -0.1) is 12.4 Å². The summed E-state index contributed by atoms with van der Waals surface area (Å²) in [6, 6.07) is 5.31. The number of aromatic carboxylic acids is 1. The van der Waals surface area contributed by atoms with Gasteiger partial charge in [-0.05, 0) is 37.1 Å². The van der Waals surface area contributed by atoms with Crippen LogP contribution in [0.1, 0.15) is 21.5 Å². The van der Waals surface area contributed by atoms with Gasteiger partial charge in [-0.25, -0.2) is 4.79 Å². The highest BCUT2D eigenvalue weighted by atomic mass is 35.5. The lowest BCUT2D eigenvalue weighted by Crippen LogP contribution is -2.05. The molecule has 1 aromatic carbocycles. The molecule has 0 atom stereocenters. The molecule has 0 aliphatic carbocycles. The molecule has 0 saturated carbocycles. The summed E-state index contributed by atoms with van der Waals surface area (Å²) in [6.45, 7) is 2.38. The van der Waals surface area contributed by atoms with Crippen molar-refractivity contribution in [2.24, 2.45) is 5.73 Å². The Morgan fingerprint density at radius 1 is 1.50 bits per heavy atom. The maximum absolute atomic E-state index is 10.7. The number of hydrogen-bond donors (Lipinski definition) is 2. The second kappa shape index (κ2) is 5.62. The highest BCUT2D eigenvalue weighted by Crippen LogP contribution is 2.11. The summed E-state index contributed by atoms with van der Waals surface area (Å²) < 4.78 is 0. The Morgan fingerprint density at radius 3 is 2.57 bits per heavy atom. The smallest absolute Gasteiger partial charge is 0.335 e. The van der Waals surface area contributed by atoms with Crippen LogP contribution in [-0.2, 0) is 6.42 Å².